The van der Waals surface area contributed by atoms with Crippen molar-refractivity contribution in [3.8, 4) is 0 Å². The SMILES string of the molecule is Cc1ccc(C(=O)CN2C(=O)c3ccccc3S2(=O)=O)c(C)c1. The highest BCUT2D eigenvalue weighted by molar-refractivity contribution is 7.90. The fourth-order valence-electron chi connectivity index (χ4n) is 2.73. The Labute approximate surface area is 134 Å². The van der Waals surface area contributed by atoms with Crippen LogP contribution in [0.1, 0.15) is 31.8 Å². The molecule has 5 nitrogen and oxygen atoms in total. The molecule has 0 radical (unpaired) electrons. The van der Waals surface area contributed by atoms with E-state index in [0.29, 0.717) is 9.87 Å². The monoisotopic (exact) mass is 329 g/mol. The molecule has 3 rings (SSSR count). The molecule has 0 spiro atoms. The van der Waals surface area contributed by atoms with Crippen LogP contribution in [0.4, 0.5) is 0 Å². The van der Waals surface area contributed by atoms with Crippen LogP contribution in [0.2, 0.25) is 0 Å². The third kappa shape index (κ3) is 2.45. The van der Waals surface area contributed by atoms with Crippen molar-refractivity contribution in [3.05, 3.63) is 64.7 Å². The van der Waals surface area contributed by atoms with Gasteiger partial charge in [-0.25, -0.2) is 12.7 Å². The Kier molecular flexibility index (Phi) is 3.56. The molecule has 0 saturated heterocycles. The van der Waals surface area contributed by atoms with Gasteiger partial charge < -0.3 is 0 Å². The van der Waals surface area contributed by atoms with Crippen LogP contribution >= 0.6 is 0 Å². The molecule has 118 valence electrons. The van der Waals surface area contributed by atoms with Gasteiger partial charge in [0.2, 0.25) is 0 Å². The van der Waals surface area contributed by atoms with Crippen molar-refractivity contribution in [3.63, 3.8) is 0 Å². The molecule has 0 bridgehead atoms. The zero-order valence-electron chi connectivity index (χ0n) is 12.7. The molecule has 0 aromatic heterocycles. The number of sulfonamides is 1. The summed E-state index contributed by atoms with van der Waals surface area (Å²) in [4.78, 5) is 24.7. The van der Waals surface area contributed by atoms with Crippen molar-refractivity contribution >= 4 is 21.7 Å². The number of rotatable bonds is 3. The third-order valence-corrected chi connectivity index (χ3v) is 5.67. The quantitative estimate of drug-likeness (QED) is 0.810. The Morgan fingerprint density at radius 2 is 1.78 bits per heavy atom. The number of carbonyl (C=O) groups excluding carboxylic acids is 2. The van der Waals surface area contributed by atoms with Gasteiger partial charge in [-0.15, -0.1) is 0 Å². The highest BCUT2D eigenvalue weighted by Crippen LogP contribution is 2.30. The topological polar surface area (TPSA) is 71.5 Å². The van der Waals surface area contributed by atoms with E-state index in [-0.39, 0.29) is 10.5 Å². The molecule has 1 aliphatic rings. The molecule has 0 unspecified atom stereocenters. The largest absolute Gasteiger partial charge is 0.292 e. The smallest absolute Gasteiger partial charge is 0.269 e. The average Bonchev–Trinajstić information content (AvgIpc) is 2.69. The Morgan fingerprint density at radius 3 is 2.43 bits per heavy atom. The molecule has 2 aromatic carbocycles. The Morgan fingerprint density at radius 1 is 1.09 bits per heavy atom. The van der Waals surface area contributed by atoms with Crippen molar-refractivity contribution in [2.45, 2.75) is 18.7 Å². The van der Waals surface area contributed by atoms with Crippen LogP contribution in [0.3, 0.4) is 0 Å². The minimum Gasteiger partial charge on any atom is -0.292 e. The maximum absolute atomic E-state index is 12.5. The number of benzene rings is 2. The van der Waals surface area contributed by atoms with Gasteiger partial charge in [0.1, 0.15) is 11.4 Å². The van der Waals surface area contributed by atoms with Gasteiger partial charge in [0.05, 0.1) is 5.56 Å². The highest BCUT2D eigenvalue weighted by Gasteiger charge is 2.41. The van der Waals surface area contributed by atoms with Crippen LogP contribution in [-0.2, 0) is 10.0 Å². The Balaban J connectivity index is 1.95. The molecule has 1 amide bonds. The summed E-state index contributed by atoms with van der Waals surface area (Å²) >= 11 is 0. The second-order valence-electron chi connectivity index (χ2n) is 5.55. The maximum Gasteiger partial charge on any atom is 0.269 e. The Hall–Kier alpha value is -2.47. The first-order chi connectivity index (χ1) is 10.8. The lowest BCUT2D eigenvalue weighted by Gasteiger charge is -2.15. The molecule has 0 fully saturated rings. The molecule has 2 aromatic rings. The van der Waals surface area contributed by atoms with Gasteiger partial charge in [-0.1, -0.05) is 35.9 Å². The number of aryl methyl sites for hydroxylation is 2. The van der Waals surface area contributed by atoms with Crippen LogP contribution in [0.5, 0.6) is 0 Å². The van der Waals surface area contributed by atoms with E-state index in [1.165, 1.54) is 12.1 Å². The summed E-state index contributed by atoms with van der Waals surface area (Å²) in [7, 11) is -3.96. The van der Waals surface area contributed by atoms with Crippen molar-refractivity contribution in [2.24, 2.45) is 0 Å². The summed E-state index contributed by atoms with van der Waals surface area (Å²) < 4.78 is 25.6. The van der Waals surface area contributed by atoms with E-state index in [9.17, 15) is 18.0 Å². The fraction of sp³-hybridized carbons (Fsp3) is 0.176. The highest BCUT2D eigenvalue weighted by atomic mass is 32.2. The van der Waals surface area contributed by atoms with Crippen molar-refractivity contribution < 1.29 is 18.0 Å². The predicted octanol–water partition coefficient (Wildman–Crippen LogP) is 2.33. The van der Waals surface area contributed by atoms with E-state index in [2.05, 4.69) is 0 Å². The lowest BCUT2D eigenvalue weighted by atomic mass is 10.0. The van der Waals surface area contributed by atoms with Crippen molar-refractivity contribution in [1.82, 2.24) is 4.31 Å². The zero-order chi connectivity index (χ0) is 16.8. The minimum absolute atomic E-state index is 0.0431. The van der Waals surface area contributed by atoms with E-state index in [4.69, 9.17) is 0 Å². The second-order valence-corrected chi connectivity index (χ2v) is 7.39. The van der Waals surface area contributed by atoms with Crippen molar-refractivity contribution in [1.29, 1.82) is 0 Å². The molecule has 1 aliphatic heterocycles. The predicted molar refractivity (Wildman–Crippen MR) is 84.9 cm³/mol. The number of Topliss-reactive ketones (excluding diaryl/α,β-unsaturated/α-hetero) is 1. The summed E-state index contributed by atoms with van der Waals surface area (Å²) in [5.74, 6) is -1.05. The molecule has 6 heteroatoms. The molecule has 0 saturated carbocycles. The zero-order valence-corrected chi connectivity index (χ0v) is 13.6. The standard InChI is InChI=1S/C17H15NO4S/c1-11-7-8-13(12(2)9-11)15(19)10-18-17(20)14-5-3-4-6-16(14)23(18,21)22/h3-9H,10H2,1-2H3. The summed E-state index contributed by atoms with van der Waals surface area (Å²) in [5.41, 5.74) is 2.31. The summed E-state index contributed by atoms with van der Waals surface area (Å²) in [6.07, 6.45) is 0. The van der Waals surface area contributed by atoms with E-state index >= 15 is 0 Å². The van der Waals surface area contributed by atoms with Crippen LogP contribution in [0.25, 0.3) is 0 Å². The Bertz CT molecular complexity index is 931. The number of ketones is 1. The van der Waals surface area contributed by atoms with Gasteiger partial charge in [-0.05, 0) is 31.5 Å². The van der Waals surface area contributed by atoms with E-state index < -0.39 is 28.3 Å². The van der Waals surface area contributed by atoms with E-state index in [1.807, 2.05) is 13.0 Å². The lowest BCUT2D eigenvalue weighted by molar-refractivity contribution is 0.0820. The van der Waals surface area contributed by atoms with Crippen LogP contribution in [0.15, 0.2) is 47.4 Å². The molecule has 1 heterocycles. The fourth-order valence-corrected chi connectivity index (χ4v) is 4.25. The van der Waals surface area contributed by atoms with Gasteiger partial charge >= 0.3 is 0 Å². The first kappa shape index (κ1) is 15.4. The average molecular weight is 329 g/mol. The maximum atomic E-state index is 12.5. The normalized spacial score (nSPS) is 15.6. The summed E-state index contributed by atoms with van der Waals surface area (Å²) in [6, 6.07) is 11.3. The number of amides is 1. The number of carbonyl (C=O) groups is 2. The van der Waals surface area contributed by atoms with Crippen LogP contribution in [-0.4, -0.2) is 31.0 Å². The van der Waals surface area contributed by atoms with Crippen LogP contribution < -0.4 is 0 Å². The van der Waals surface area contributed by atoms with Gasteiger partial charge in [0, 0.05) is 5.56 Å². The van der Waals surface area contributed by atoms with E-state index in [1.54, 1.807) is 31.2 Å². The number of fused-ring (bicyclic) bond motifs is 1. The van der Waals surface area contributed by atoms with Crippen molar-refractivity contribution in [2.75, 3.05) is 6.54 Å². The first-order valence-electron chi connectivity index (χ1n) is 7.09. The molecule has 0 N–H and O–H groups in total. The van der Waals surface area contributed by atoms with Gasteiger partial charge in [0.25, 0.3) is 15.9 Å². The second kappa shape index (κ2) is 5.31. The summed E-state index contributed by atoms with van der Waals surface area (Å²) in [5, 5.41) is 0. The minimum atomic E-state index is -3.96. The molecular weight excluding hydrogens is 314 g/mol. The number of hydrogen-bond donors (Lipinski definition) is 0. The molecular formula is C17H15NO4S. The van der Waals surface area contributed by atoms with Crippen LogP contribution in [0, 0.1) is 13.8 Å². The van der Waals surface area contributed by atoms with Gasteiger partial charge in [-0.3, -0.25) is 9.59 Å². The number of nitrogens with zero attached hydrogens (tertiary/aromatic N) is 1. The van der Waals surface area contributed by atoms with E-state index in [0.717, 1.165) is 11.1 Å². The molecule has 23 heavy (non-hydrogen) atoms. The van der Waals surface area contributed by atoms with Gasteiger partial charge in [0.15, 0.2) is 5.78 Å². The lowest BCUT2D eigenvalue weighted by Crippen LogP contribution is -2.35. The molecule has 0 atom stereocenters. The molecule has 0 aliphatic carbocycles. The third-order valence-electron chi connectivity index (χ3n) is 3.88. The summed E-state index contributed by atoms with van der Waals surface area (Å²) in [6.45, 7) is 3.21. The first-order valence-corrected chi connectivity index (χ1v) is 8.53. The van der Waals surface area contributed by atoms with Gasteiger partial charge in [-0.2, -0.15) is 0 Å². The number of hydrogen-bond acceptors (Lipinski definition) is 4.